The Morgan fingerprint density at radius 3 is 2.75 bits per heavy atom. The van der Waals surface area contributed by atoms with Crippen LogP contribution in [-0.4, -0.2) is 25.1 Å². The van der Waals surface area contributed by atoms with E-state index in [1.54, 1.807) is 24.9 Å². The molecule has 3 aromatic heterocycles. The lowest BCUT2D eigenvalue weighted by Gasteiger charge is -2.07. The summed E-state index contributed by atoms with van der Waals surface area (Å²) in [7, 11) is 0. The molecule has 1 aliphatic carbocycles. The second-order valence-electron chi connectivity index (χ2n) is 5.90. The third-order valence-corrected chi connectivity index (χ3v) is 4.30. The molecule has 0 radical (unpaired) electrons. The predicted molar refractivity (Wildman–Crippen MR) is 88.0 cm³/mol. The minimum Gasteiger partial charge on any atom is -0.355 e. The van der Waals surface area contributed by atoms with Crippen molar-refractivity contribution in [1.29, 1.82) is 0 Å². The molecule has 0 atom stereocenters. The molecule has 1 aromatic carbocycles. The van der Waals surface area contributed by atoms with Crippen LogP contribution in [0.15, 0.2) is 53.8 Å². The van der Waals surface area contributed by atoms with Crippen LogP contribution in [0.3, 0.4) is 0 Å². The third-order valence-electron chi connectivity index (χ3n) is 4.30. The summed E-state index contributed by atoms with van der Waals surface area (Å²) in [5, 5.41) is 5.14. The summed E-state index contributed by atoms with van der Waals surface area (Å²) in [4.78, 5) is 17.1. The molecule has 4 aromatic rings. The van der Waals surface area contributed by atoms with Crippen LogP contribution in [0.2, 0.25) is 0 Å². The van der Waals surface area contributed by atoms with Gasteiger partial charge < -0.3 is 4.52 Å². The van der Waals surface area contributed by atoms with Crippen molar-refractivity contribution in [3.63, 3.8) is 0 Å². The SMILES string of the molecule is c1cc(-c2cncnc2C2CC2)c2onc(-c3cnccn3)c2c1. The maximum absolute atomic E-state index is 5.67. The molecule has 116 valence electrons. The van der Waals surface area contributed by atoms with Crippen molar-refractivity contribution in [2.75, 3.05) is 0 Å². The average molecular weight is 315 g/mol. The molecule has 6 nitrogen and oxygen atoms in total. The first-order chi connectivity index (χ1) is 11.9. The van der Waals surface area contributed by atoms with Gasteiger partial charge in [0.25, 0.3) is 0 Å². The first-order valence-electron chi connectivity index (χ1n) is 7.87. The van der Waals surface area contributed by atoms with Crippen LogP contribution in [0.25, 0.3) is 33.5 Å². The van der Waals surface area contributed by atoms with E-state index in [1.165, 1.54) is 12.8 Å². The summed E-state index contributed by atoms with van der Waals surface area (Å²) >= 11 is 0. The van der Waals surface area contributed by atoms with Crippen molar-refractivity contribution in [1.82, 2.24) is 25.1 Å². The summed E-state index contributed by atoms with van der Waals surface area (Å²) in [5.41, 5.74) is 5.21. The zero-order chi connectivity index (χ0) is 15.9. The molecule has 0 saturated heterocycles. The fourth-order valence-electron chi connectivity index (χ4n) is 3.01. The number of nitrogens with zero attached hydrogens (tertiary/aromatic N) is 5. The van der Waals surface area contributed by atoms with Crippen LogP contribution in [0.1, 0.15) is 24.5 Å². The molecule has 1 fully saturated rings. The number of benzene rings is 1. The fraction of sp³-hybridized carbons (Fsp3) is 0.167. The highest BCUT2D eigenvalue weighted by atomic mass is 16.5. The zero-order valence-electron chi connectivity index (χ0n) is 12.8. The minimum atomic E-state index is 0.528. The van der Waals surface area contributed by atoms with Crippen LogP contribution in [-0.2, 0) is 0 Å². The van der Waals surface area contributed by atoms with Crippen molar-refractivity contribution in [3.05, 3.63) is 55.0 Å². The van der Waals surface area contributed by atoms with Gasteiger partial charge in [0.15, 0.2) is 5.58 Å². The molecular formula is C18H13N5O. The molecule has 3 heterocycles. The minimum absolute atomic E-state index is 0.528. The van der Waals surface area contributed by atoms with E-state index < -0.39 is 0 Å². The lowest BCUT2D eigenvalue weighted by atomic mass is 10.0. The Kier molecular flexibility index (Phi) is 2.88. The van der Waals surface area contributed by atoms with Crippen LogP contribution < -0.4 is 0 Å². The normalized spacial score (nSPS) is 14.2. The molecule has 0 unspecified atom stereocenters. The van der Waals surface area contributed by atoms with E-state index in [1.807, 2.05) is 24.4 Å². The van der Waals surface area contributed by atoms with E-state index in [2.05, 4.69) is 25.1 Å². The molecule has 5 rings (SSSR count). The van der Waals surface area contributed by atoms with E-state index in [4.69, 9.17) is 4.52 Å². The summed E-state index contributed by atoms with van der Waals surface area (Å²) in [6.45, 7) is 0. The highest BCUT2D eigenvalue weighted by Crippen LogP contribution is 2.44. The van der Waals surface area contributed by atoms with Gasteiger partial charge >= 0.3 is 0 Å². The van der Waals surface area contributed by atoms with Crippen LogP contribution in [0, 0.1) is 0 Å². The number of rotatable bonds is 3. The number of hydrogen-bond donors (Lipinski definition) is 0. The first-order valence-corrected chi connectivity index (χ1v) is 7.87. The number of fused-ring (bicyclic) bond motifs is 1. The third kappa shape index (κ3) is 2.07. The van der Waals surface area contributed by atoms with Crippen LogP contribution in [0.5, 0.6) is 0 Å². The van der Waals surface area contributed by atoms with Crippen molar-refractivity contribution >= 4 is 11.0 Å². The number of para-hydroxylation sites is 1. The van der Waals surface area contributed by atoms with Gasteiger partial charge in [0.1, 0.15) is 17.7 Å². The van der Waals surface area contributed by atoms with Gasteiger partial charge in [0.2, 0.25) is 0 Å². The summed E-state index contributed by atoms with van der Waals surface area (Å²) in [5.74, 6) is 0.528. The molecule has 6 heteroatoms. The monoisotopic (exact) mass is 315 g/mol. The van der Waals surface area contributed by atoms with E-state index in [0.717, 1.165) is 27.8 Å². The largest absolute Gasteiger partial charge is 0.355 e. The second-order valence-corrected chi connectivity index (χ2v) is 5.90. The first kappa shape index (κ1) is 13.3. The summed E-state index contributed by atoms with van der Waals surface area (Å²) < 4.78 is 5.67. The molecular weight excluding hydrogens is 302 g/mol. The molecule has 1 saturated carbocycles. The van der Waals surface area contributed by atoms with Gasteiger partial charge in [0, 0.05) is 35.6 Å². The second kappa shape index (κ2) is 5.19. The van der Waals surface area contributed by atoms with Gasteiger partial charge in [-0.2, -0.15) is 0 Å². The van der Waals surface area contributed by atoms with Crippen molar-refractivity contribution < 1.29 is 4.52 Å². The van der Waals surface area contributed by atoms with Crippen molar-refractivity contribution in [3.8, 4) is 22.5 Å². The molecule has 0 aliphatic heterocycles. The highest BCUT2D eigenvalue weighted by molar-refractivity contribution is 5.99. The van der Waals surface area contributed by atoms with Gasteiger partial charge in [-0.05, 0) is 18.9 Å². The Labute approximate surface area is 137 Å². The summed E-state index contributed by atoms with van der Waals surface area (Å²) in [6, 6.07) is 6.01. The predicted octanol–water partition coefficient (Wildman–Crippen LogP) is 3.62. The topological polar surface area (TPSA) is 77.6 Å². The highest BCUT2D eigenvalue weighted by Gasteiger charge is 2.29. The van der Waals surface area contributed by atoms with E-state index >= 15 is 0 Å². The van der Waals surface area contributed by atoms with E-state index in [9.17, 15) is 0 Å². The van der Waals surface area contributed by atoms with Crippen molar-refractivity contribution in [2.45, 2.75) is 18.8 Å². The maximum atomic E-state index is 5.67. The molecule has 0 spiro atoms. The van der Waals surface area contributed by atoms with E-state index in [0.29, 0.717) is 17.3 Å². The molecule has 0 amide bonds. The van der Waals surface area contributed by atoms with Crippen LogP contribution >= 0.6 is 0 Å². The summed E-state index contributed by atoms with van der Waals surface area (Å²) in [6.07, 6.45) is 10.8. The van der Waals surface area contributed by atoms with Crippen LogP contribution in [0.4, 0.5) is 0 Å². The Hall–Kier alpha value is -3.15. The molecule has 1 aliphatic rings. The smallest absolute Gasteiger partial charge is 0.175 e. The lowest BCUT2D eigenvalue weighted by molar-refractivity contribution is 0.460. The molecule has 0 bridgehead atoms. The van der Waals surface area contributed by atoms with Gasteiger partial charge in [-0.3, -0.25) is 9.97 Å². The van der Waals surface area contributed by atoms with Gasteiger partial charge in [0.05, 0.1) is 17.3 Å². The quantitative estimate of drug-likeness (QED) is 0.574. The van der Waals surface area contributed by atoms with Gasteiger partial charge in [-0.15, -0.1) is 0 Å². The fourth-order valence-corrected chi connectivity index (χ4v) is 3.01. The standard InChI is InChI=1S/C18H13N5O/c1-2-12(14-8-20-10-22-16(14)11-4-5-11)18-13(3-1)17(23-24-18)15-9-19-6-7-21-15/h1-3,6-11H,4-5H2. The Morgan fingerprint density at radius 1 is 0.958 bits per heavy atom. The van der Waals surface area contributed by atoms with Gasteiger partial charge in [-0.25, -0.2) is 9.97 Å². The molecule has 0 N–H and O–H groups in total. The Bertz CT molecular complexity index is 1020. The maximum Gasteiger partial charge on any atom is 0.175 e. The van der Waals surface area contributed by atoms with Gasteiger partial charge in [-0.1, -0.05) is 17.3 Å². The van der Waals surface area contributed by atoms with E-state index in [-0.39, 0.29) is 0 Å². The Balaban J connectivity index is 1.73. The van der Waals surface area contributed by atoms with Crippen molar-refractivity contribution in [2.24, 2.45) is 0 Å². The number of hydrogen-bond acceptors (Lipinski definition) is 6. The molecule has 24 heavy (non-hydrogen) atoms. The number of aromatic nitrogens is 5. The zero-order valence-corrected chi connectivity index (χ0v) is 12.8. The average Bonchev–Trinajstić information content (AvgIpc) is 3.41. The lowest BCUT2D eigenvalue weighted by Crippen LogP contribution is -1.93. The Morgan fingerprint density at radius 2 is 1.92 bits per heavy atom.